The molecular weight excluding hydrogens is 444 g/mol. The number of carbonyl (C=O) groups is 2. The Kier molecular flexibility index (Phi) is 7.45. The van der Waals surface area contributed by atoms with E-state index >= 15 is 0 Å². The van der Waals surface area contributed by atoms with Gasteiger partial charge in [-0.3, -0.25) is 9.59 Å². The Morgan fingerprint density at radius 3 is 1.83 bits per heavy atom. The average Bonchev–Trinajstić information content (AvgIpc) is 2.88. The van der Waals surface area contributed by atoms with Gasteiger partial charge in [-0.1, -0.05) is 99.6 Å². The van der Waals surface area contributed by atoms with E-state index < -0.39 is 0 Å². The minimum absolute atomic E-state index is 0.0229. The van der Waals surface area contributed by atoms with Crippen LogP contribution in [0.3, 0.4) is 0 Å². The van der Waals surface area contributed by atoms with E-state index in [1.807, 2.05) is 91.0 Å². The van der Waals surface area contributed by atoms with Gasteiger partial charge in [0, 0.05) is 22.5 Å². The van der Waals surface area contributed by atoms with E-state index in [-0.39, 0.29) is 17.2 Å². The molecule has 4 nitrogen and oxygen atoms in total. The smallest absolute Gasteiger partial charge is 0.256 e. The van der Waals surface area contributed by atoms with Gasteiger partial charge in [-0.15, -0.1) is 0 Å². The van der Waals surface area contributed by atoms with E-state index in [2.05, 4.69) is 31.4 Å². The van der Waals surface area contributed by atoms with E-state index in [0.717, 1.165) is 11.1 Å². The molecule has 0 aliphatic heterocycles. The first kappa shape index (κ1) is 24.7. The van der Waals surface area contributed by atoms with Crippen LogP contribution in [0.5, 0.6) is 0 Å². The number of benzene rings is 4. The zero-order valence-corrected chi connectivity index (χ0v) is 20.8. The fourth-order valence-electron chi connectivity index (χ4n) is 3.81. The van der Waals surface area contributed by atoms with Crippen molar-refractivity contribution in [1.29, 1.82) is 0 Å². The molecule has 4 aromatic rings. The molecule has 0 atom stereocenters. The lowest BCUT2D eigenvalue weighted by atomic mass is 9.87. The van der Waals surface area contributed by atoms with E-state index in [1.54, 1.807) is 24.3 Å². The third-order valence-electron chi connectivity index (χ3n) is 5.83. The maximum atomic E-state index is 13.3. The highest BCUT2D eigenvalue weighted by atomic mass is 16.2. The van der Waals surface area contributed by atoms with Gasteiger partial charge in [-0.05, 0) is 58.5 Å². The van der Waals surface area contributed by atoms with Crippen LogP contribution in [0.4, 0.5) is 11.4 Å². The average molecular weight is 475 g/mol. The monoisotopic (exact) mass is 474 g/mol. The van der Waals surface area contributed by atoms with E-state index in [0.29, 0.717) is 22.5 Å². The molecule has 4 heteroatoms. The second-order valence-electron chi connectivity index (χ2n) is 9.65. The highest BCUT2D eigenvalue weighted by Crippen LogP contribution is 2.24. The van der Waals surface area contributed by atoms with Gasteiger partial charge in [-0.2, -0.15) is 0 Å². The molecule has 0 spiro atoms. The predicted molar refractivity (Wildman–Crippen MR) is 149 cm³/mol. The van der Waals surface area contributed by atoms with Crippen molar-refractivity contribution in [2.75, 3.05) is 10.6 Å². The second kappa shape index (κ2) is 10.9. The predicted octanol–water partition coefficient (Wildman–Crippen LogP) is 7.42. The van der Waals surface area contributed by atoms with Crippen LogP contribution in [0.25, 0.3) is 11.6 Å². The molecule has 0 radical (unpaired) electrons. The van der Waals surface area contributed by atoms with Crippen molar-refractivity contribution in [2.24, 2.45) is 0 Å². The van der Waals surface area contributed by atoms with E-state index in [1.165, 1.54) is 5.56 Å². The number of anilines is 2. The number of hydrogen-bond acceptors (Lipinski definition) is 2. The summed E-state index contributed by atoms with van der Waals surface area (Å²) >= 11 is 0. The second-order valence-corrected chi connectivity index (χ2v) is 9.65. The van der Waals surface area contributed by atoms with Crippen molar-refractivity contribution in [1.82, 2.24) is 0 Å². The lowest BCUT2D eigenvalue weighted by Gasteiger charge is -2.19. The van der Waals surface area contributed by atoms with Gasteiger partial charge in [0.2, 0.25) is 0 Å². The van der Waals surface area contributed by atoms with Gasteiger partial charge in [0.25, 0.3) is 11.8 Å². The lowest BCUT2D eigenvalue weighted by Crippen LogP contribution is -2.15. The van der Waals surface area contributed by atoms with Crippen LogP contribution < -0.4 is 10.6 Å². The molecule has 0 aromatic heterocycles. The number of nitrogens with one attached hydrogen (secondary N) is 2. The molecule has 2 N–H and O–H groups in total. The minimum Gasteiger partial charge on any atom is -0.322 e. The van der Waals surface area contributed by atoms with Gasteiger partial charge in [0.05, 0.1) is 0 Å². The van der Waals surface area contributed by atoms with Crippen molar-refractivity contribution >= 4 is 34.8 Å². The fraction of sp³-hybridized carbons (Fsp3) is 0.125. The summed E-state index contributed by atoms with van der Waals surface area (Å²) in [6.07, 6.45) is 1.87. The zero-order chi connectivity index (χ0) is 25.5. The molecule has 0 aliphatic rings. The molecule has 4 rings (SSSR count). The Bertz CT molecular complexity index is 1370. The highest BCUT2D eigenvalue weighted by Gasteiger charge is 2.15. The summed E-state index contributed by atoms with van der Waals surface area (Å²) in [5, 5.41) is 5.91. The third kappa shape index (κ3) is 6.36. The Balaban J connectivity index is 1.51. The zero-order valence-electron chi connectivity index (χ0n) is 20.8. The Hall–Kier alpha value is -4.44. The van der Waals surface area contributed by atoms with Crippen molar-refractivity contribution in [2.45, 2.75) is 26.2 Å². The van der Waals surface area contributed by atoms with Crippen molar-refractivity contribution in [3.05, 3.63) is 131 Å². The van der Waals surface area contributed by atoms with Crippen molar-refractivity contribution < 1.29 is 9.59 Å². The van der Waals surface area contributed by atoms with Crippen LogP contribution in [0, 0.1) is 0 Å². The van der Waals surface area contributed by atoms with Gasteiger partial charge in [0.15, 0.2) is 0 Å². The summed E-state index contributed by atoms with van der Waals surface area (Å²) < 4.78 is 0. The molecule has 2 amide bonds. The van der Waals surface area contributed by atoms with Crippen molar-refractivity contribution in [3.8, 4) is 0 Å². The lowest BCUT2D eigenvalue weighted by molar-refractivity contribution is -0.111. The van der Waals surface area contributed by atoms with E-state index in [9.17, 15) is 9.59 Å². The van der Waals surface area contributed by atoms with Gasteiger partial charge in [-0.25, -0.2) is 0 Å². The topological polar surface area (TPSA) is 58.2 Å². The SMILES string of the molecule is CC(C)(C)c1ccc(C(=O)Nc2cccc(NC(=O)/C(=C/c3ccccc3)c3ccccc3)c2)cc1. The normalized spacial score (nSPS) is 11.6. The molecule has 0 aliphatic carbocycles. The molecule has 0 unspecified atom stereocenters. The van der Waals surface area contributed by atoms with Crippen LogP contribution in [-0.2, 0) is 10.2 Å². The minimum atomic E-state index is -0.230. The van der Waals surface area contributed by atoms with Crippen LogP contribution in [-0.4, -0.2) is 11.8 Å². The summed E-state index contributed by atoms with van der Waals surface area (Å²) in [5.41, 5.74) is 5.27. The number of amides is 2. The van der Waals surface area contributed by atoms with Gasteiger partial charge >= 0.3 is 0 Å². The summed E-state index contributed by atoms with van der Waals surface area (Å²) in [5.74, 6) is -0.431. The van der Waals surface area contributed by atoms with Gasteiger partial charge in [0.1, 0.15) is 0 Å². The fourth-order valence-corrected chi connectivity index (χ4v) is 3.81. The summed E-state index contributed by atoms with van der Waals surface area (Å²) in [4.78, 5) is 26.1. The quantitative estimate of drug-likeness (QED) is 0.226. The van der Waals surface area contributed by atoms with Crippen molar-refractivity contribution in [3.63, 3.8) is 0 Å². The molecule has 0 saturated carbocycles. The largest absolute Gasteiger partial charge is 0.322 e. The molecule has 0 heterocycles. The Morgan fingerprint density at radius 1 is 0.639 bits per heavy atom. The maximum absolute atomic E-state index is 13.3. The summed E-state index contributed by atoms with van der Waals surface area (Å²) in [6.45, 7) is 6.42. The molecular formula is C32H30N2O2. The molecule has 0 saturated heterocycles. The molecule has 180 valence electrons. The Labute approximate surface area is 212 Å². The third-order valence-corrected chi connectivity index (χ3v) is 5.83. The van der Waals surface area contributed by atoms with Crippen LogP contribution in [0.1, 0.15) is 47.8 Å². The Morgan fingerprint density at radius 2 is 1.22 bits per heavy atom. The van der Waals surface area contributed by atoms with Crippen LogP contribution in [0.15, 0.2) is 109 Å². The molecule has 0 fully saturated rings. The van der Waals surface area contributed by atoms with Crippen LogP contribution >= 0.6 is 0 Å². The van der Waals surface area contributed by atoms with Crippen LogP contribution in [0.2, 0.25) is 0 Å². The first-order valence-electron chi connectivity index (χ1n) is 11.9. The first-order chi connectivity index (χ1) is 17.3. The number of hydrogen-bond donors (Lipinski definition) is 2. The van der Waals surface area contributed by atoms with E-state index in [4.69, 9.17) is 0 Å². The highest BCUT2D eigenvalue weighted by molar-refractivity contribution is 6.29. The molecule has 36 heavy (non-hydrogen) atoms. The van der Waals surface area contributed by atoms with Gasteiger partial charge < -0.3 is 10.6 Å². The molecule has 4 aromatic carbocycles. The molecule has 0 bridgehead atoms. The first-order valence-corrected chi connectivity index (χ1v) is 11.9. The number of carbonyl (C=O) groups excluding carboxylic acids is 2. The maximum Gasteiger partial charge on any atom is 0.256 e. The number of rotatable bonds is 6. The standard InChI is InChI=1S/C32H30N2O2/c1-32(2,3)26-19-17-25(18-20-26)30(35)33-27-15-10-16-28(22-27)34-31(36)29(24-13-8-5-9-14-24)21-23-11-6-4-7-12-23/h4-22H,1-3H3,(H,33,35)(H,34,36)/b29-21+. The summed E-state index contributed by atoms with van der Waals surface area (Å²) in [7, 11) is 0. The summed E-state index contributed by atoms with van der Waals surface area (Å²) in [6, 6.07) is 34.1.